The molecule has 0 saturated heterocycles. The third-order valence-electron chi connectivity index (χ3n) is 2.06. The molecule has 0 radical (unpaired) electrons. The molecule has 1 nitrogen and oxygen atoms in total. The van der Waals surface area contributed by atoms with Crippen LogP contribution in [0.25, 0.3) is 0 Å². The molecule has 0 aromatic rings. The van der Waals surface area contributed by atoms with Gasteiger partial charge in [-0.3, -0.25) is 4.79 Å². The number of ketones is 1. The van der Waals surface area contributed by atoms with Gasteiger partial charge >= 0.3 is 0 Å². The number of carbonyl (C=O) groups excluding carboxylic acids is 1. The van der Waals surface area contributed by atoms with Crippen molar-refractivity contribution in [2.45, 2.75) is 33.6 Å². The largest absolute Gasteiger partial charge is 0.295 e. The molecule has 10 heavy (non-hydrogen) atoms. The minimum absolute atomic E-state index is 0.368. The first-order valence-electron chi connectivity index (χ1n) is 3.85. The van der Waals surface area contributed by atoms with Crippen molar-refractivity contribution in [3.8, 4) is 0 Å². The Labute approximate surface area is 62.1 Å². The van der Waals surface area contributed by atoms with E-state index >= 15 is 0 Å². The lowest BCUT2D eigenvalue weighted by Gasteiger charge is -2.04. The van der Waals surface area contributed by atoms with Crippen molar-refractivity contribution in [3.05, 3.63) is 11.1 Å². The molecule has 0 heterocycles. The number of hydrogen-bond donors (Lipinski definition) is 0. The second kappa shape index (κ2) is 2.57. The van der Waals surface area contributed by atoms with Gasteiger partial charge in [-0.05, 0) is 24.8 Å². The lowest BCUT2D eigenvalue weighted by molar-refractivity contribution is -0.115. The lowest BCUT2D eigenvalue weighted by atomic mass is 9.99. The molecule has 0 aliphatic heterocycles. The highest BCUT2D eigenvalue weighted by Crippen LogP contribution is 2.27. The molecule has 1 aliphatic carbocycles. The summed E-state index contributed by atoms with van der Waals surface area (Å²) in [5.74, 6) is 0.794. The van der Waals surface area contributed by atoms with E-state index in [-0.39, 0.29) is 0 Å². The molecule has 0 bridgehead atoms. The number of Topliss-reactive ketones (excluding diaryl/α,β-unsaturated/α-hetero) is 1. The molecule has 0 aromatic heterocycles. The minimum atomic E-state index is 0.368. The summed E-state index contributed by atoms with van der Waals surface area (Å²) in [5, 5.41) is 0. The molecule has 0 aromatic carbocycles. The van der Waals surface area contributed by atoms with Crippen molar-refractivity contribution in [1.29, 1.82) is 0 Å². The molecule has 1 aliphatic rings. The first-order chi connectivity index (χ1) is 4.63. The Balaban J connectivity index is 2.88. The van der Waals surface area contributed by atoms with Crippen molar-refractivity contribution in [2.24, 2.45) is 5.92 Å². The Hall–Kier alpha value is -0.590. The molecule has 0 amide bonds. The summed E-state index contributed by atoms with van der Waals surface area (Å²) in [6, 6.07) is 0. The summed E-state index contributed by atoms with van der Waals surface area (Å²) < 4.78 is 0. The first kappa shape index (κ1) is 7.52. The minimum Gasteiger partial charge on any atom is -0.295 e. The van der Waals surface area contributed by atoms with Crippen molar-refractivity contribution in [3.63, 3.8) is 0 Å². The van der Waals surface area contributed by atoms with Crippen LogP contribution in [0, 0.1) is 5.92 Å². The smallest absolute Gasteiger partial charge is 0.159 e. The van der Waals surface area contributed by atoms with E-state index in [9.17, 15) is 4.79 Å². The van der Waals surface area contributed by atoms with Gasteiger partial charge in [0.2, 0.25) is 0 Å². The van der Waals surface area contributed by atoms with E-state index in [1.54, 1.807) is 0 Å². The molecule has 0 saturated carbocycles. The van der Waals surface area contributed by atoms with Gasteiger partial charge in [-0.2, -0.15) is 0 Å². The van der Waals surface area contributed by atoms with E-state index < -0.39 is 0 Å². The SMILES string of the molecule is CC1=C(C(C)C)C(=O)CC1. The second-order valence-electron chi connectivity index (χ2n) is 3.27. The molecule has 0 spiro atoms. The molecule has 0 unspecified atom stereocenters. The predicted octanol–water partition coefficient (Wildman–Crippen LogP) is 2.32. The zero-order valence-corrected chi connectivity index (χ0v) is 6.90. The monoisotopic (exact) mass is 138 g/mol. The molecule has 1 rings (SSSR count). The van der Waals surface area contributed by atoms with Crippen LogP contribution < -0.4 is 0 Å². The molecule has 1 heteroatoms. The fraction of sp³-hybridized carbons (Fsp3) is 0.667. The van der Waals surface area contributed by atoms with E-state index in [1.165, 1.54) is 5.57 Å². The van der Waals surface area contributed by atoms with Gasteiger partial charge in [0.1, 0.15) is 0 Å². The lowest BCUT2D eigenvalue weighted by Crippen LogP contribution is -2.02. The Kier molecular flexibility index (Phi) is 1.93. The standard InChI is InChI=1S/C9H14O/c1-6(2)9-7(3)4-5-8(9)10/h6H,4-5H2,1-3H3. The second-order valence-corrected chi connectivity index (χ2v) is 3.27. The Morgan fingerprint density at radius 2 is 1.90 bits per heavy atom. The molecular weight excluding hydrogens is 124 g/mol. The fourth-order valence-electron chi connectivity index (χ4n) is 1.62. The van der Waals surface area contributed by atoms with Gasteiger partial charge in [0, 0.05) is 6.42 Å². The van der Waals surface area contributed by atoms with Crippen molar-refractivity contribution >= 4 is 5.78 Å². The molecule has 0 fully saturated rings. The van der Waals surface area contributed by atoms with Crippen LogP contribution in [0.5, 0.6) is 0 Å². The number of allylic oxidation sites excluding steroid dienone is 2. The fourth-order valence-corrected chi connectivity index (χ4v) is 1.62. The predicted molar refractivity (Wildman–Crippen MR) is 41.8 cm³/mol. The Morgan fingerprint density at radius 1 is 1.30 bits per heavy atom. The Morgan fingerprint density at radius 3 is 2.10 bits per heavy atom. The van der Waals surface area contributed by atoms with E-state index in [4.69, 9.17) is 0 Å². The van der Waals surface area contributed by atoms with Crippen LogP contribution in [0.15, 0.2) is 11.1 Å². The maximum atomic E-state index is 11.2. The van der Waals surface area contributed by atoms with Crippen LogP contribution in [0.2, 0.25) is 0 Å². The van der Waals surface area contributed by atoms with Crippen LogP contribution in [-0.2, 0) is 4.79 Å². The molecule has 0 atom stereocenters. The van der Waals surface area contributed by atoms with Crippen LogP contribution >= 0.6 is 0 Å². The van der Waals surface area contributed by atoms with Crippen molar-refractivity contribution in [1.82, 2.24) is 0 Å². The van der Waals surface area contributed by atoms with Crippen LogP contribution in [-0.4, -0.2) is 5.78 Å². The van der Waals surface area contributed by atoms with E-state index in [2.05, 4.69) is 20.8 Å². The summed E-state index contributed by atoms with van der Waals surface area (Å²) >= 11 is 0. The number of rotatable bonds is 1. The van der Waals surface area contributed by atoms with Crippen LogP contribution in [0.1, 0.15) is 33.6 Å². The quantitative estimate of drug-likeness (QED) is 0.543. The zero-order valence-electron chi connectivity index (χ0n) is 6.90. The summed E-state index contributed by atoms with van der Waals surface area (Å²) in [4.78, 5) is 11.2. The maximum absolute atomic E-state index is 11.2. The maximum Gasteiger partial charge on any atom is 0.159 e. The highest BCUT2D eigenvalue weighted by molar-refractivity contribution is 5.98. The summed E-state index contributed by atoms with van der Waals surface area (Å²) in [7, 11) is 0. The third-order valence-corrected chi connectivity index (χ3v) is 2.06. The van der Waals surface area contributed by atoms with E-state index in [0.717, 1.165) is 18.4 Å². The average molecular weight is 138 g/mol. The van der Waals surface area contributed by atoms with Gasteiger partial charge in [0.25, 0.3) is 0 Å². The van der Waals surface area contributed by atoms with Gasteiger partial charge in [0.05, 0.1) is 0 Å². The summed E-state index contributed by atoms with van der Waals surface area (Å²) in [6.45, 7) is 6.24. The normalized spacial score (nSPS) is 19.4. The average Bonchev–Trinajstić information content (AvgIpc) is 2.11. The summed E-state index contributed by atoms with van der Waals surface area (Å²) in [6.07, 6.45) is 1.74. The van der Waals surface area contributed by atoms with E-state index in [1.807, 2.05) is 0 Å². The third kappa shape index (κ3) is 1.13. The number of hydrogen-bond acceptors (Lipinski definition) is 1. The zero-order chi connectivity index (χ0) is 7.72. The Bertz CT molecular complexity index is 187. The van der Waals surface area contributed by atoms with Gasteiger partial charge < -0.3 is 0 Å². The van der Waals surface area contributed by atoms with Gasteiger partial charge in [-0.1, -0.05) is 19.4 Å². The molecule has 0 N–H and O–H groups in total. The topological polar surface area (TPSA) is 17.1 Å². The van der Waals surface area contributed by atoms with Crippen LogP contribution in [0.4, 0.5) is 0 Å². The van der Waals surface area contributed by atoms with E-state index in [0.29, 0.717) is 11.7 Å². The van der Waals surface area contributed by atoms with Crippen molar-refractivity contribution in [2.75, 3.05) is 0 Å². The van der Waals surface area contributed by atoms with Crippen molar-refractivity contribution < 1.29 is 4.79 Å². The summed E-state index contributed by atoms with van der Waals surface area (Å²) in [5.41, 5.74) is 2.39. The number of carbonyl (C=O) groups is 1. The van der Waals surface area contributed by atoms with Gasteiger partial charge in [-0.25, -0.2) is 0 Å². The van der Waals surface area contributed by atoms with Gasteiger partial charge in [0.15, 0.2) is 5.78 Å². The van der Waals surface area contributed by atoms with Gasteiger partial charge in [-0.15, -0.1) is 0 Å². The van der Waals surface area contributed by atoms with Crippen LogP contribution in [0.3, 0.4) is 0 Å². The highest BCUT2D eigenvalue weighted by atomic mass is 16.1. The molecular formula is C9H14O. The molecule has 56 valence electrons. The first-order valence-corrected chi connectivity index (χ1v) is 3.85. The highest BCUT2D eigenvalue weighted by Gasteiger charge is 2.21.